The molecule has 2 spiro atoms. The molecule has 35 heavy (non-hydrogen) atoms. The second kappa shape index (κ2) is 6.86. The lowest BCUT2D eigenvalue weighted by Crippen LogP contribution is -2.62. The van der Waals surface area contributed by atoms with Gasteiger partial charge in [-0.05, 0) is 117 Å². The summed E-state index contributed by atoms with van der Waals surface area (Å²) in [5.41, 5.74) is -1.35. The van der Waals surface area contributed by atoms with Gasteiger partial charge in [-0.15, -0.1) is 0 Å². The lowest BCUT2D eigenvalue weighted by molar-refractivity contribution is -0.213. The lowest BCUT2D eigenvalue weighted by Gasteiger charge is -2.64. The molecule has 6 rings (SSSR count). The molecule has 1 saturated heterocycles. The summed E-state index contributed by atoms with van der Waals surface area (Å²) in [5, 5.41) is 45.0. The topological polar surface area (TPSA) is 90.2 Å². The summed E-state index contributed by atoms with van der Waals surface area (Å²) in [6, 6.07) is 0. The molecule has 4 N–H and O–H groups in total. The summed E-state index contributed by atoms with van der Waals surface area (Å²) >= 11 is 0. The van der Waals surface area contributed by atoms with Crippen molar-refractivity contribution < 1.29 is 25.2 Å². The minimum absolute atomic E-state index is 0.0267. The Morgan fingerprint density at radius 2 is 1.46 bits per heavy atom. The van der Waals surface area contributed by atoms with Crippen LogP contribution >= 0.6 is 0 Å². The Morgan fingerprint density at radius 1 is 0.771 bits per heavy atom. The Morgan fingerprint density at radius 3 is 2.09 bits per heavy atom. The van der Waals surface area contributed by atoms with Crippen LogP contribution in [0.2, 0.25) is 0 Å². The molecule has 0 unspecified atom stereocenters. The zero-order valence-electron chi connectivity index (χ0n) is 23.1. The van der Waals surface area contributed by atoms with Crippen molar-refractivity contribution >= 4 is 0 Å². The Bertz CT molecular complexity index is 911. The number of ether oxygens (including phenoxy) is 1. The molecular weight excluding hydrogens is 440 g/mol. The average Bonchev–Trinajstić information content (AvgIpc) is 3.08. The summed E-state index contributed by atoms with van der Waals surface area (Å²) < 4.78 is 6.66. The van der Waals surface area contributed by atoms with Crippen molar-refractivity contribution in [1.29, 1.82) is 0 Å². The van der Waals surface area contributed by atoms with E-state index in [1.807, 2.05) is 13.8 Å². The summed E-state index contributed by atoms with van der Waals surface area (Å²) in [6.45, 7) is 15.0. The van der Waals surface area contributed by atoms with E-state index in [-0.39, 0.29) is 51.1 Å². The lowest BCUT2D eigenvalue weighted by atomic mass is 9.41. The van der Waals surface area contributed by atoms with E-state index in [2.05, 4.69) is 34.6 Å². The first kappa shape index (κ1) is 25.1. The molecule has 6 aliphatic rings. The van der Waals surface area contributed by atoms with Crippen LogP contribution in [0, 0.1) is 44.8 Å². The number of aliphatic hydroxyl groups is 4. The zero-order valence-corrected chi connectivity index (χ0v) is 23.1. The van der Waals surface area contributed by atoms with Gasteiger partial charge in [0.25, 0.3) is 0 Å². The number of fused-ring (bicyclic) bond motifs is 2. The normalized spacial score (nSPS) is 60.9. The highest BCUT2D eigenvalue weighted by atomic mass is 16.5. The van der Waals surface area contributed by atoms with Crippen molar-refractivity contribution in [3.63, 3.8) is 0 Å². The molecule has 0 aromatic heterocycles. The highest BCUT2D eigenvalue weighted by molar-refractivity contribution is 5.33. The summed E-state index contributed by atoms with van der Waals surface area (Å²) in [6.07, 6.45) is 7.18. The van der Waals surface area contributed by atoms with Crippen LogP contribution in [0.25, 0.3) is 0 Å². The maximum Gasteiger partial charge on any atom is 0.0865 e. The molecule has 0 aromatic rings. The molecule has 1 heterocycles. The molecule has 6 fully saturated rings. The molecule has 5 heteroatoms. The molecule has 5 aliphatic carbocycles. The van der Waals surface area contributed by atoms with E-state index in [9.17, 15) is 20.4 Å². The largest absolute Gasteiger partial charge is 0.393 e. The van der Waals surface area contributed by atoms with Gasteiger partial charge in [-0.1, -0.05) is 27.7 Å². The monoisotopic (exact) mass is 490 g/mol. The molecule has 0 radical (unpaired) electrons. The Balaban J connectivity index is 1.37. The Hall–Kier alpha value is -0.200. The minimum atomic E-state index is -0.886. The third kappa shape index (κ3) is 2.78. The quantitative estimate of drug-likeness (QED) is 0.460. The first-order valence-electron chi connectivity index (χ1n) is 14.4. The van der Waals surface area contributed by atoms with Gasteiger partial charge in [0.05, 0.1) is 35.6 Å². The van der Waals surface area contributed by atoms with Crippen molar-refractivity contribution in [2.75, 3.05) is 0 Å². The minimum Gasteiger partial charge on any atom is -0.393 e. The smallest absolute Gasteiger partial charge is 0.0865 e. The molecule has 200 valence electrons. The SMILES string of the molecule is CC(C)(O)[C@H]1CC[C@](C)([C@@H]2[C@@H](O)C[C@]3(C)[C@@H]4C[C@H](O)[C@H]5C(C)(C)[C@@H](O)CC[C@@]56C[C@@]46CC[C@]23C)O1. The van der Waals surface area contributed by atoms with Crippen molar-refractivity contribution in [2.45, 2.75) is 142 Å². The predicted molar refractivity (Wildman–Crippen MR) is 134 cm³/mol. The Labute approximate surface area is 212 Å². The van der Waals surface area contributed by atoms with Gasteiger partial charge >= 0.3 is 0 Å². The van der Waals surface area contributed by atoms with E-state index in [0.29, 0.717) is 5.92 Å². The fourth-order valence-electron chi connectivity index (χ4n) is 12.1. The Kier molecular flexibility index (Phi) is 4.92. The molecule has 0 amide bonds. The van der Waals surface area contributed by atoms with Gasteiger partial charge in [-0.25, -0.2) is 0 Å². The van der Waals surface area contributed by atoms with Crippen LogP contribution in [0.5, 0.6) is 0 Å². The highest BCUT2D eigenvalue weighted by Crippen LogP contribution is 2.89. The summed E-state index contributed by atoms with van der Waals surface area (Å²) in [7, 11) is 0. The molecule has 0 aromatic carbocycles. The molecule has 12 atom stereocenters. The van der Waals surface area contributed by atoms with Crippen LogP contribution in [0.4, 0.5) is 0 Å². The van der Waals surface area contributed by atoms with Crippen molar-refractivity contribution in [3.05, 3.63) is 0 Å². The van der Waals surface area contributed by atoms with Crippen molar-refractivity contribution in [1.82, 2.24) is 0 Å². The maximum atomic E-state index is 11.7. The van der Waals surface area contributed by atoms with Crippen LogP contribution < -0.4 is 0 Å². The predicted octanol–water partition coefficient (Wildman–Crippen LogP) is 4.44. The van der Waals surface area contributed by atoms with Gasteiger partial charge in [-0.3, -0.25) is 0 Å². The molecule has 5 nitrogen and oxygen atoms in total. The average molecular weight is 491 g/mol. The number of hydrogen-bond donors (Lipinski definition) is 4. The van der Waals surface area contributed by atoms with Gasteiger partial charge in [0.15, 0.2) is 0 Å². The van der Waals surface area contributed by atoms with Crippen molar-refractivity contribution in [2.24, 2.45) is 44.8 Å². The van der Waals surface area contributed by atoms with Gasteiger partial charge in [-0.2, -0.15) is 0 Å². The van der Waals surface area contributed by atoms with E-state index in [1.54, 1.807) is 0 Å². The van der Waals surface area contributed by atoms with E-state index < -0.39 is 23.4 Å². The highest BCUT2D eigenvalue weighted by Gasteiger charge is 2.84. The number of hydrogen-bond acceptors (Lipinski definition) is 5. The van der Waals surface area contributed by atoms with E-state index >= 15 is 0 Å². The van der Waals surface area contributed by atoms with Crippen LogP contribution in [-0.4, -0.2) is 56.0 Å². The first-order valence-corrected chi connectivity index (χ1v) is 14.4. The number of rotatable bonds is 2. The van der Waals surface area contributed by atoms with Gasteiger partial charge < -0.3 is 25.2 Å². The van der Waals surface area contributed by atoms with Gasteiger partial charge in [0, 0.05) is 5.92 Å². The molecule has 1 aliphatic heterocycles. The molecular formula is C30H50O5. The van der Waals surface area contributed by atoms with Crippen LogP contribution in [0.15, 0.2) is 0 Å². The number of aliphatic hydroxyl groups excluding tert-OH is 3. The van der Waals surface area contributed by atoms with Crippen LogP contribution in [0.1, 0.15) is 106 Å². The molecule has 5 saturated carbocycles. The van der Waals surface area contributed by atoms with Crippen LogP contribution in [0.3, 0.4) is 0 Å². The fourth-order valence-corrected chi connectivity index (χ4v) is 12.1. The van der Waals surface area contributed by atoms with E-state index in [0.717, 1.165) is 51.4 Å². The summed E-state index contributed by atoms with van der Waals surface area (Å²) in [4.78, 5) is 0. The van der Waals surface area contributed by atoms with Crippen molar-refractivity contribution in [3.8, 4) is 0 Å². The van der Waals surface area contributed by atoms with Gasteiger partial charge in [0.1, 0.15) is 0 Å². The standard InChI is InChI=1S/C30H50O5/c1-24(2)20(33)8-11-30-16-29(30)13-12-26(5)23(28(7)10-9-21(35-28)25(3,4)34)18(32)15-27(26,6)19(29)14-17(31)22(24)30/h17-23,31-34H,8-16H2,1-7H3/t17-,18-,19-,20-,21+,22-,23+,26+,27+,28+,29-,30+/m0/s1. The third-order valence-corrected chi connectivity index (χ3v) is 13.8. The van der Waals surface area contributed by atoms with E-state index in [4.69, 9.17) is 4.74 Å². The maximum absolute atomic E-state index is 11.7. The second-order valence-electron chi connectivity index (χ2n) is 15.9. The van der Waals surface area contributed by atoms with Gasteiger partial charge in [0.2, 0.25) is 0 Å². The van der Waals surface area contributed by atoms with E-state index in [1.165, 1.54) is 6.42 Å². The fraction of sp³-hybridized carbons (Fsp3) is 1.00. The van der Waals surface area contributed by atoms with Crippen LogP contribution in [-0.2, 0) is 4.74 Å². The third-order valence-electron chi connectivity index (χ3n) is 13.8. The second-order valence-corrected chi connectivity index (χ2v) is 15.9. The first-order chi connectivity index (χ1) is 16.0. The zero-order chi connectivity index (χ0) is 25.6. The molecule has 0 bridgehead atoms. The summed E-state index contributed by atoms with van der Waals surface area (Å²) in [5.74, 6) is 0.577.